The molecule has 0 amide bonds. The van der Waals surface area contributed by atoms with E-state index in [1.807, 2.05) is 19.2 Å². The highest BCUT2D eigenvalue weighted by Gasteiger charge is 2.14. The third kappa shape index (κ3) is 3.29. The smallest absolute Gasteiger partial charge is 0.244 e. The summed E-state index contributed by atoms with van der Waals surface area (Å²) in [5.74, 6) is 0.608. The van der Waals surface area contributed by atoms with E-state index < -0.39 is 0 Å². The number of likely N-dealkylation sites (N-methyl/N-ethyl adjacent to an activating group) is 1. The molecule has 132 valence electrons. The molecular weight excluding hydrogens is 314 g/mol. The van der Waals surface area contributed by atoms with Gasteiger partial charge in [-0.3, -0.25) is 0 Å². The summed E-state index contributed by atoms with van der Waals surface area (Å²) >= 11 is 0. The van der Waals surface area contributed by atoms with E-state index in [1.165, 1.54) is 0 Å². The number of benzene rings is 1. The number of hydrogen-bond acceptors (Lipinski definition) is 6. The third-order valence-corrected chi connectivity index (χ3v) is 5.04. The molecule has 3 aromatic rings. The van der Waals surface area contributed by atoms with Gasteiger partial charge in [0.05, 0.1) is 5.52 Å². The SMILES string of the molecule is CN1CCN(CCCNc2nnc3c4ccccc4n(C)c3n2)CC1. The van der Waals surface area contributed by atoms with Crippen LogP contribution in [0.25, 0.3) is 22.1 Å². The summed E-state index contributed by atoms with van der Waals surface area (Å²) in [5, 5.41) is 13.1. The van der Waals surface area contributed by atoms with E-state index in [-0.39, 0.29) is 0 Å². The first-order chi connectivity index (χ1) is 12.2. The maximum atomic E-state index is 4.66. The Morgan fingerprint density at radius 3 is 2.68 bits per heavy atom. The highest BCUT2D eigenvalue weighted by Crippen LogP contribution is 2.24. The molecule has 1 saturated heterocycles. The minimum atomic E-state index is 0.608. The monoisotopic (exact) mass is 339 g/mol. The Labute approximate surface area is 147 Å². The number of para-hydroxylation sites is 1. The average molecular weight is 339 g/mol. The maximum absolute atomic E-state index is 4.66. The lowest BCUT2D eigenvalue weighted by atomic mass is 10.2. The van der Waals surface area contributed by atoms with Gasteiger partial charge >= 0.3 is 0 Å². The Balaban J connectivity index is 1.39. The van der Waals surface area contributed by atoms with E-state index in [0.29, 0.717) is 5.95 Å². The molecule has 0 atom stereocenters. The molecule has 4 rings (SSSR count). The van der Waals surface area contributed by atoms with Crippen LogP contribution >= 0.6 is 0 Å². The van der Waals surface area contributed by atoms with E-state index in [0.717, 1.165) is 67.8 Å². The van der Waals surface area contributed by atoms with E-state index >= 15 is 0 Å². The first kappa shape index (κ1) is 16.2. The lowest BCUT2D eigenvalue weighted by Gasteiger charge is -2.32. The van der Waals surface area contributed by atoms with Crippen LogP contribution in [0.5, 0.6) is 0 Å². The van der Waals surface area contributed by atoms with Gasteiger partial charge in [-0.05, 0) is 26.1 Å². The quantitative estimate of drug-likeness (QED) is 0.712. The van der Waals surface area contributed by atoms with Gasteiger partial charge in [-0.2, -0.15) is 4.98 Å². The number of nitrogens with one attached hydrogen (secondary N) is 1. The van der Waals surface area contributed by atoms with Gasteiger partial charge in [0.15, 0.2) is 5.65 Å². The van der Waals surface area contributed by atoms with E-state index in [9.17, 15) is 0 Å². The van der Waals surface area contributed by atoms with E-state index in [2.05, 4.69) is 54.0 Å². The van der Waals surface area contributed by atoms with Crippen molar-refractivity contribution < 1.29 is 0 Å². The predicted octanol–water partition coefficient (Wildman–Crippen LogP) is 1.57. The summed E-state index contributed by atoms with van der Waals surface area (Å²) in [5.41, 5.74) is 2.87. The Bertz CT molecular complexity index is 864. The van der Waals surface area contributed by atoms with Crippen LogP contribution < -0.4 is 5.32 Å². The molecule has 0 aliphatic carbocycles. The Kier molecular flexibility index (Phi) is 4.50. The zero-order valence-corrected chi connectivity index (χ0v) is 14.9. The van der Waals surface area contributed by atoms with Crippen LogP contribution in [-0.4, -0.2) is 75.9 Å². The molecule has 1 N–H and O–H groups in total. The summed E-state index contributed by atoms with van der Waals surface area (Å²) in [6.45, 7) is 6.64. The Hall–Kier alpha value is -2.25. The lowest BCUT2D eigenvalue weighted by Crippen LogP contribution is -2.44. The number of anilines is 1. The van der Waals surface area contributed by atoms with Gasteiger partial charge in [0.1, 0.15) is 5.52 Å². The molecule has 3 heterocycles. The van der Waals surface area contributed by atoms with Crippen LogP contribution in [0.2, 0.25) is 0 Å². The lowest BCUT2D eigenvalue weighted by molar-refractivity contribution is 0.154. The molecule has 7 nitrogen and oxygen atoms in total. The number of hydrogen-bond donors (Lipinski definition) is 1. The highest BCUT2D eigenvalue weighted by atomic mass is 15.3. The molecule has 0 radical (unpaired) electrons. The van der Waals surface area contributed by atoms with Crippen LogP contribution in [-0.2, 0) is 7.05 Å². The van der Waals surface area contributed by atoms with Gasteiger partial charge < -0.3 is 19.7 Å². The van der Waals surface area contributed by atoms with Gasteiger partial charge in [-0.1, -0.05) is 18.2 Å². The van der Waals surface area contributed by atoms with Gasteiger partial charge in [0, 0.05) is 45.2 Å². The summed E-state index contributed by atoms with van der Waals surface area (Å²) in [4.78, 5) is 9.57. The van der Waals surface area contributed by atoms with Crippen molar-refractivity contribution in [1.82, 2.24) is 29.5 Å². The zero-order valence-electron chi connectivity index (χ0n) is 14.9. The highest BCUT2D eigenvalue weighted by molar-refractivity contribution is 6.04. The minimum absolute atomic E-state index is 0.608. The van der Waals surface area contributed by atoms with Gasteiger partial charge in [0.25, 0.3) is 0 Å². The fraction of sp³-hybridized carbons (Fsp3) is 0.500. The van der Waals surface area contributed by atoms with E-state index in [4.69, 9.17) is 0 Å². The summed E-state index contributed by atoms with van der Waals surface area (Å²) in [7, 11) is 4.21. The predicted molar refractivity (Wildman–Crippen MR) is 101 cm³/mol. The number of fused-ring (bicyclic) bond motifs is 3. The molecule has 1 fully saturated rings. The van der Waals surface area contributed by atoms with Gasteiger partial charge in [-0.25, -0.2) is 0 Å². The van der Waals surface area contributed by atoms with E-state index in [1.54, 1.807) is 0 Å². The van der Waals surface area contributed by atoms with Crippen LogP contribution in [0.15, 0.2) is 24.3 Å². The topological polar surface area (TPSA) is 62.1 Å². The molecule has 2 aromatic heterocycles. The molecule has 1 aromatic carbocycles. The van der Waals surface area contributed by atoms with Crippen molar-refractivity contribution in [1.29, 1.82) is 0 Å². The molecular formula is C18H25N7. The summed E-state index contributed by atoms with van der Waals surface area (Å²) in [6, 6.07) is 8.21. The second kappa shape index (κ2) is 6.93. The number of aromatic nitrogens is 4. The molecule has 0 saturated carbocycles. The fourth-order valence-corrected chi connectivity index (χ4v) is 3.46. The molecule has 0 bridgehead atoms. The van der Waals surface area contributed by atoms with Crippen molar-refractivity contribution in [2.45, 2.75) is 6.42 Å². The molecule has 25 heavy (non-hydrogen) atoms. The Morgan fingerprint density at radius 1 is 1.04 bits per heavy atom. The van der Waals surface area contributed by atoms with Crippen molar-refractivity contribution in [3.63, 3.8) is 0 Å². The van der Waals surface area contributed by atoms with Crippen molar-refractivity contribution in [3.05, 3.63) is 24.3 Å². The number of piperazine rings is 1. The van der Waals surface area contributed by atoms with Gasteiger partial charge in [-0.15, -0.1) is 10.2 Å². The average Bonchev–Trinajstić information content (AvgIpc) is 2.93. The third-order valence-electron chi connectivity index (χ3n) is 5.04. The van der Waals surface area contributed by atoms with Crippen molar-refractivity contribution in [3.8, 4) is 0 Å². The second-order valence-electron chi connectivity index (χ2n) is 6.81. The number of nitrogens with zero attached hydrogens (tertiary/aromatic N) is 6. The molecule has 0 spiro atoms. The normalized spacial score (nSPS) is 16.7. The maximum Gasteiger partial charge on any atom is 0.244 e. The van der Waals surface area contributed by atoms with Crippen molar-refractivity contribution in [2.75, 3.05) is 51.6 Å². The standard InChI is InChI=1S/C18H25N7/c1-23-10-12-25(13-11-23)9-5-8-19-18-20-17-16(21-22-18)14-6-3-4-7-15(14)24(17)2/h3-4,6-7H,5,8-13H2,1-2H3,(H,19,20,22). The molecule has 1 aliphatic heterocycles. The molecule has 7 heteroatoms. The number of aryl methyl sites for hydroxylation is 1. The summed E-state index contributed by atoms with van der Waals surface area (Å²) in [6.07, 6.45) is 1.08. The fourth-order valence-electron chi connectivity index (χ4n) is 3.46. The molecule has 1 aliphatic rings. The number of rotatable bonds is 5. The van der Waals surface area contributed by atoms with Crippen LogP contribution in [0, 0.1) is 0 Å². The second-order valence-corrected chi connectivity index (χ2v) is 6.81. The van der Waals surface area contributed by atoms with Crippen LogP contribution in [0.1, 0.15) is 6.42 Å². The van der Waals surface area contributed by atoms with Crippen LogP contribution in [0.4, 0.5) is 5.95 Å². The first-order valence-electron chi connectivity index (χ1n) is 8.95. The van der Waals surface area contributed by atoms with Crippen molar-refractivity contribution >= 4 is 28.0 Å². The largest absolute Gasteiger partial charge is 0.353 e. The van der Waals surface area contributed by atoms with Gasteiger partial charge in [0.2, 0.25) is 5.95 Å². The Morgan fingerprint density at radius 2 is 1.84 bits per heavy atom. The first-order valence-corrected chi connectivity index (χ1v) is 8.95. The minimum Gasteiger partial charge on any atom is -0.353 e. The molecule has 0 unspecified atom stereocenters. The zero-order chi connectivity index (χ0) is 17.2. The van der Waals surface area contributed by atoms with Crippen molar-refractivity contribution in [2.24, 2.45) is 7.05 Å². The summed E-state index contributed by atoms with van der Waals surface area (Å²) < 4.78 is 2.08. The van der Waals surface area contributed by atoms with Crippen LogP contribution in [0.3, 0.4) is 0 Å².